The molecule has 0 amide bonds. The second-order valence-electron chi connectivity index (χ2n) is 2.91. The Morgan fingerprint density at radius 3 is 2.40 bits per heavy atom. The van der Waals surface area contributed by atoms with E-state index in [2.05, 4.69) is 6.58 Å². The number of rotatable bonds is 3. The molecule has 0 aromatic heterocycles. The van der Waals surface area contributed by atoms with Crippen molar-refractivity contribution in [3.05, 3.63) is 48.0 Å². The zero-order valence-electron chi connectivity index (χ0n) is 7.87. The Morgan fingerprint density at radius 2 is 1.93 bits per heavy atom. The van der Waals surface area contributed by atoms with Crippen LogP contribution in [0.15, 0.2) is 42.5 Å². The molecule has 0 bridgehead atoms. The van der Waals surface area contributed by atoms with Crippen LogP contribution in [0.5, 0.6) is 0 Å². The van der Waals surface area contributed by atoms with Crippen molar-refractivity contribution in [3.63, 3.8) is 0 Å². The quantitative estimate of drug-likeness (QED) is 0.347. The van der Waals surface area contributed by atoms with E-state index in [1.165, 1.54) is 0 Å². The number of carbonyl (C=O) groups is 1. The molecule has 2 nitrogen and oxygen atoms in total. The van der Waals surface area contributed by atoms with Crippen molar-refractivity contribution in [1.29, 1.82) is 0 Å². The zero-order valence-corrected chi connectivity index (χ0v) is 8.62. The molecule has 1 atom stereocenters. The van der Waals surface area contributed by atoms with E-state index < -0.39 is 11.5 Å². The monoisotopic (exact) mass is 234 g/mol. The second kappa shape index (κ2) is 7.07. The first-order chi connectivity index (χ1) is 6.61. The van der Waals surface area contributed by atoms with Gasteiger partial charge in [0.1, 0.15) is 0 Å². The fraction of sp³-hybridized carbons (Fsp3) is 0.182. The molecule has 0 heterocycles. The Bertz CT molecular complexity index is 338. The van der Waals surface area contributed by atoms with Crippen molar-refractivity contribution in [1.82, 2.24) is 0 Å². The van der Waals surface area contributed by atoms with E-state index in [1.54, 1.807) is 19.1 Å². The van der Waals surface area contributed by atoms with E-state index >= 15 is 0 Å². The normalized spacial score (nSPS) is 11.1. The maximum absolute atomic E-state index is 11.1. The van der Waals surface area contributed by atoms with Crippen LogP contribution in [0.2, 0.25) is 0 Å². The molecular weight excluding hydrogens is 223 g/mol. The third-order valence-corrected chi connectivity index (χ3v) is 1.96. The first-order valence-corrected chi connectivity index (χ1v) is 4.60. The van der Waals surface area contributed by atoms with Crippen LogP contribution in [-0.4, -0.2) is 35.5 Å². The molecule has 1 unspecified atom stereocenters. The van der Waals surface area contributed by atoms with Crippen molar-refractivity contribution < 1.29 is 9.53 Å². The van der Waals surface area contributed by atoms with Gasteiger partial charge < -0.3 is 4.74 Å². The van der Waals surface area contributed by atoms with Crippen molar-refractivity contribution in [2.75, 3.05) is 0 Å². The Hall–Kier alpha value is -0.280. The molecule has 4 heteroatoms. The summed E-state index contributed by atoms with van der Waals surface area (Å²) in [7, 11) is 0. The van der Waals surface area contributed by atoms with Gasteiger partial charge >= 0.3 is 35.5 Å². The van der Waals surface area contributed by atoms with Crippen LogP contribution in [0.25, 0.3) is 0 Å². The van der Waals surface area contributed by atoms with Crippen LogP contribution in [0, 0.1) is 0 Å². The van der Waals surface area contributed by atoms with E-state index in [4.69, 9.17) is 16.3 Å². The fourth-order valence-corrected chi connectivity index (χ4v) is 1.09. The third kappa shape index (κ3) is 4.85. The van der Waals surface area contributed by atoms with Crippen LogP contribution in [0.4, 0.5) is 0 Å². The number of carbonyl (C=O) groups excluding carboxylic acids is 1. The fourth-order valence-electron chi connectivity index (χ4n) is 0.867. The summed E-state index contributed by atoms with van der Waals surface area (Å²) < 4.78 is 4.92. The molecule has 15 heavy (non-hydrogen) atoms. The predicted molar refractivity (Wildman–Crippen MR) is 63.1 cm³/mol. The summed E-state index contributed by atoms with van der Waals surface area (Å²) in [6.45, 7) is 5.05. The molecule has 0 aliphatic rings. The Balaban J connectivity index is 0.00000196. The number of ether oxygens (including phenoxy) is 1. The topological polar surface area (TPSA) is 26.3 Å². The number of halogens is 1. The van der Waals surface area contributed by atoms with Gasteiger partial charge in [-0.1, -0.05) is 48.5 Å². The van der Waals surface area contributed by atoms with Crippen molar-refractivity contribution in [2.24, 2.45) is 0 Å². The molecule has 0 N–H and O–H groups in total. The average molecular weight is 235 g/mol. The first kappa shape index (κ1) is 14.7. The van der Waals surface area contributed by atoms with Crippen molar-refractivity contribution in [2.45, 2.75) is 12.5 Å². The van der Waals surface area contributed by atoms with Crippen LogP contribution in [0.1, 0.15) is 18.1 Å². The summed E-state index contributed by atoms with van der Waals surface area (Å²) in [5, 5.41) is 0. The number of hydrogen-bond acceptors (Lipinski definition) is 2. The molecular formula is C11H12ClNaO2. The molecule has 0 aliphatic heterocycles. The summed E-state index contributed by atoms with van der Waals surface area (Å²) in [4.78, 5) is 11.1. The molecule has 0 saturated carbocycles. The SMILES string of the molecule is C=C(C)C(=O)OC(Cl)c1ccccc1.[NaH]. The number of hydrogen-bond donors (Lipinski definition) is 0. The second-order valence-corrected chi connectivity index (χ2v) is 3.31. The van der Waals surface area contributed by atoms with Crippen LogP contribution < -0.4 is 0 Å². The maximum atomic E-state index is 11.1. The minimum absolute atomic E-state index is 0. The van der Waals surface area contributed by atoms with E-state index in [-0.39, 0.29) is 29.6 Å². The molecule has 1 rings (SSSR count). The summed E-state index contributed by atoms with van der Waals surface area (Å²) in [5.41, 5.74) is 0.343. The number of alkyl halides is 1. The van der Waals surface area contributed by atoms with Gasteiger partial charge in [-0.2, -0.15) is 0 Å². The molecule has 0 saturated heterocycles. The number of benzene rings is 1. The van der Waals surface area contributed by atoms with Crippen molar-refractivity contribution >= 4 is 47.1 Å². The van der Waals surface area contributed by atoms with Gasteiger partial charge in [0.2, 0.25) is 5.56 Å². The van der Waals surface area contributed by atoms with Crippen LogP contribution in [-0.2, 0) is 9.53 Å². The summed E-state index contributed by atoms with van der Waals surface area (Å²) in [5.74, 6) is -0.478. The van der Waals surface area contributed by atoms with Gasteiger partial charge in [0.15, 0.2) is 0 Å². The van der Waals surface area contributed by atoms with Crippen LogP contribution in [0.3, 0.4) is 0 Å². The van der Waals surface area contributed by atoms with E-state index in [9.17, 15) is 4.79 Å². The van der Waals surface area contributed by atoms with Gasteiger partial charge in [0.25, 0.3) is 0 Å². The van der Waals surface area contributed by atoms with E-state index in [0.29, 0.717) is 5.57 Å². The summed E-state index contributed by atoms with van der Waals surface area (Å²) in [6, 6.07) is 9.12. The molecule has 1 aromatic rings. The Labute approximate surface area is 117 Å². The van der Waals surface area contributed by atoms with E-state index in [1.807, 2.05) is 18.2 Å². The van der Waals surface area contributed by atoms with Gasteiger partial charge in [-0.15, -0.1) is 0 Å². The predicted octanol–water partition coefficient (Wildman–Crippen LogP) is 2.39. The van der Waals surface area contributed by atoms with Crippen molar-refractivity contribution in [3.8, 4) is 0 Å². The minimum atomic E-state index is -0.750. The Kier molecular flexibility index (Phi) is 6.94. The molecule has 0 spiro atoms. The molecule has 0 radical (unpaired) electrons. The third-order valence-electron chi connectivity index (χ3n) is 1.62. The van der Waals surface area contributed by atoms with Gasteiger partial charge in [-0.3, -0.25) is 0 Å². The van der Waals surface area contributed by atoms with Gasteiger partial charge in [-0.25, -0.2) is 4.79 Å². The van der Waals surface area contributed by atoms with Crippen LogP contribution >= 0.6 is 11.6 Å². The molecule has 0 aliphatic carbocycles. The summed E-state index contributed by atoms with van der Waals surface area (Å²) in [6.07, 6.45) is 0. The Morgan fingerprint density at radius 1 is 1.40 bits per heavy atom. The molecule has 0 fully saturated rings. The summed E-state index contributed by atoms with van der Waals surface area (Å²) >= 11 is 5.86. The van der Waals surface area contributed by atoms with Gasteiger partial charge in [-0.05, 0) is 6.92 Å². The first-order valence-electron chi connectivity index (χ1n) is 4.17. The van der Waals surface area contributed by atoms with Gasteiger partial charge in [0.05, 0.1) is 0 Å². The van der Waals surface area contributed by atoms with E-state index in [0.717, 1.165) is 5.56 Å². The number of esters is 1. The zero-order chi connectivity index (χ0) is 10.6. The van der Waals surface area contributed by atoms with Gasteiger partial charge in [0, 0.05) is 11.1 Å². The standard InChI is InChI=1S/C11H11ClO2.Na.H/c1-8(2)11(13)14-10(12)9-6-4-3-5-7-9;;/h3-7,10H,1H2,2H3;;. The molecule has 1 aromatic carbocycles. The molecule has 76 valence electrons. The average Bonchev–Trinajstić information content (AvgIpc) is 2.19.